The Balaban J connectivity index is 2.18. The number of likely N-dealkylation sites (N-methyl/N-ethyl adjacent to an activating group) is 1. The molecule has 102 valence electrons. The molecule has 0 saturated carbocycles. The van der Waals surface area contributed by atoms with Crippen LogP contribution in [0.3, 0.4) is 0 Å². The summed E-state index contributed by atoms with van der Waals surface area (Å²) in [5.41, 5.74) is 10.2. The molecule has 1 aromatic carbocycles. The van der Waals surface area contributed by atoms with E-state index in [1.807, 2.05) is 11.6 Å². The van der Waals surface area contributed by atoms with Crippen LogP contribution in [-0.4, -0.2) is 23.5 Å². The van der Waals surface area contributed by atoms with Crippen LogP contribution in [0.4, 0.5) is 0 Å². The van der Waals surface area contributed by atoms with Crippen molar-refractivity contribution in [1.29, 1.82) is 0 Å². The molecule has 5 heteroatoms. The SMILES string of the molecule is Cc1ncsc1CN(C)C(CN)c1ccccc1Br. The Bertz CT molecular complexity index is 541. The van der Waals surface area contributed by atoms with Gasteiger partial charge in [-0.1, -0.05) is 34.1 Å². The van der Waals surface area contributed by atoms with E-state index in [4.69, 9.17) is 5.73 Å². The number of thiazole rings is 1. The number of aromatic nitrogens is 1. The van der Waals surface area contributed by atoms with Crippen LogP contribution in [0.2, 0.25) is 0 Å². The fourth-order valence-corrected chi connectivity index (χ4v) is 3.49. The maximum absolute atomic E-state index is 5.97. The van der Waals surface area contributed by atoms with Gasteiger partial charge in [-0.05, 0) is 25.6 Å². The van der Waals surface area contributed by atoms with Gasteiger partial charge in [0.05, 0.1) is 11.2 Å². The number of nitrogens with two attached hydrogens (primary N) is 1. The minimum absolute atomic E-state index is 0.206. The largest absolute Gasteiger partial charge is 0.329 e. The van der Waals surface area contributed by atoms with E-state index in [0.29, 0.717) is 6.54 Å². The number of hydrogen-bond acceptors (Lipinski definition) is 4. The molecule has 0 aliphatic heterocycles. The lowest BCUT2D eigenvalue weighted by Crippen LogP contribution is -2.30. The van der Waals surface area contributed by atoms with Crippen molar-refractivity contribution in [3.63, 3.8) is 0 Å². The molecule has 0 aliphatic rings. The first-order chi connectivity index (χ1) is 9.13. The van der Waals surface area contributed by atoms with E-state index < -0.39 is 0 Å². The van der Waals surface area contributed by atoms with E-state index in [1.165, 1.54) is 10.4 Å². The molecule has 0 saturated heterocycles. The minimum Gasteiger partial charge on any atom is -0.329 e. The van der Waals surface area contributed by atoms with Gasteiger partial charge in [0.25, 0.3) is 0 Å². The van der Waals surface area contributed by atoms with Crippen LogP contribution in [0.5, 0.6) is 0 Å². The molecule has 0 spiro atoms. The highest BCUT2D eigenvalue weighted by Crippen LogP contribution is 2.28. The minimum atomic E-state index is 0.206. The first-order valence-electron chi connectivity index (χ1n) is 6.17. The lowest BCUT2D eigenvalue weighted by atomic mass is 10.1. The molecular formula is C14H18BrN3S. The van der Waals surface area contributed by atoms with Crippen molar-refractivity contribution in [2.75, 3.05) is 13.6 Å². The van der Waals surface area contributed by atoms with Crippen molar-refractivity contribution in [3.8, 4) is 0 Å². The zero-order valence-corrected chi connectivity index (χ0v) is 13.5. The van der Waals surface area contributed by atoms with Crippen LogP contribution in [0, 0.1) is 6.92 Å². The van der Waals surface area contributed by atoms with E-state index >= 15 is 0 Å². The third kappa shape index (κ3) is 3.42. The maximum atomic E-state index is 5.97. The zero-order chi connectivity index (χ0) is 13.8. The second-order valence-electron chi connectivity index (χ2n) is 4.55. The van der Waals surface area contributed by atoms with Gasteiger partial charge in [0.15, 0.2) is 0 Å². The van der Waals surface area contributed by atoms with Gasteiger partial charge in [-0.15, -0.1) is 11.3 Å². The molecule has 0 bridgehead atoms. The second-order valence-corrected chi connectivity index (χ2v) is 6.34. The van der Waals surface area contributed by atoms with Gasteiger partial charge < -0.3 is 5.73 Å². The van der Waals surface area contributed by atoms with Crippen molar-refractivity contribution >= 4 is 27.3 Å². The van der Waals surface area contributed by atoms with Crippen LogP contribution in [0.15, 0.2) is 34.2 Å². The molecule has 1 heterocycles. The third-order valence-corrected chi connectivity index (χ3v) is 4.90. The first kappa shape index (κ1) is 14.7. The molecule has 0 fully saturated rings. The smallest absolute Gasteiger partial charge is 0.0798 e. The average molecular weight is 340 g/mol. The van der Waals surface area contributed by atoms with Crippen LogP contribution in [-0.2, 0) is 6.54 Å². The second kappa shape index (κ2) is 6.61. The maximum Gasteiger partial charge on any atom is 0.0798 e. The summed E-state index contributed by atoms with van der Waals surface area (Å²) in [7, 11) is 2.11. The van der Waals surface area contributed by atoms with E-state index in [9.17, 15) is 0 Å². The Morgan fingerprint density at radius 3 is 2.74 bits per heavy atom. The molecule has 1 atom stereocenters. The number of nitrogens with zero attached hydrogens (tertiary/aromatic N) is 2. The van der Waals surface area contributed by atoms with Crippen LogP contribution in [0.1, 0.15) is 22.2 Å². The van der Waals surface area contributed by atoms with Crippen molar-refractivity contribution in [1.82, 2.24) is 9.88 Å². The Kier molecular flexibility index (Phi) is 5.10. The van der Waals surface area contributed by atoms with Gasteiger partial charge in [0.1, 0.15) is 0 Å². The average Bonchev–Trinajstić information content (AvgIpc) is 2.78. The number of rotatable bonds is 5. The Labute approximate surface area is 126 Å². The molecule has 2 N–H and O–H groups in total. The molecule has 19 heavy (non-hydrogen) atoms. The Hall–Kier alpha value is -0.750. The van der Waals surface area contributed by atoms with Gasteiger partial charge in [0.2, 0.25) is 0 Å². The van der Waals surface area contributed by atoms with Crippen LogP contribution >= 0.6 is 27.3 Å². The van der Waals surface area contributed by atoms with E-state index in [2.05, 4.69) is 58.0 Å². The highest BCUT2D eigenvalue weighted by atomic mass is 79.9. The van der Waals surface area contributed by atoms with Gasteiger partial charge in [-0.3, -0.25) is 4.90 Å². The van der Waals surface area contributed by atoms with E-state index in [0.717, 1.165) is 16.7 Å². The lowest BCUT2D eigenvalue weighted by Gasteiger charge is -2.27. The quantitative estimate of drug-likeness (QED) is 0.908. The summed E-state index contributed by atoms with van der Waals surface area (Å²) in [6.07, 6.45) is 0. The molecule has 1 unspecified atom stereocenters. The van der Waals surface area contributed by atoms with Gasteiger partial charge in [0, 0.05) is 28.5 Å². The molecular weight excluding hydrogens is 322 g/mol. The van der Waals surface area contributed by atoms with Gasteiger partial charge in [-0.25, -0.2) is 4.98 Å². The number of halogens is 1. The summed E-state index contributed by atoms with van der Waals surface area (Å²) in [6, 6.07) is 8.46. The summed E-state index contributed by atoms with van der Waals surface area (Å²) in [5, 5.41) is 0. The molecule has 0 aliphatic carbocycles. The predicted molar refractivity (Wildman–Crippen MR) is 84.3 cm³/mol. The molecule has 3 nitrogen and oxygen atoms in total. The Morgan fingerprint density at radius 1 is 1.42 bits per heavy atom. The predicted octanol–water partition coefficient (Wildman–Crippen LogP) is 3.35. The summed E-state index contributed by atoms with van der Waals surface area (Å²) in [4.78, 5) is 7.87. The Morgan fingerprint density at radius 2 is 2.16 bits per heavy atom. The van der Waals surface area contributed by atoms with Crippen molar-refractivity contribution in [2.45, 2.75) is 19.5 Å². The third-order valence-electron chi connectivity index (χ3n) is 3.26. The molecule has 1 aromatic heterocycles. The molecule has 0 amide bonds. The highest BCUT2D eigenvalue weighted by Gasteiger charge is 2.19. The molecule has 2 aromatic rings. The normalized spacial score (nSPS) is 12.9. The summed E-state index contributed by atoms with van der Waals surface area (Å²) >= 11 is 5.31. The van der Waals surface area contributed by atoms with Crippen molar-refractivity contribution < 1.29 is 0 Å². The van der Waals surface area contributed by atoms with Crippen molar-refractivity contribution in [3.05, 3.63) is 50.4 Å². The zero-order valence-electron chi connectivity index (χ0n) is 11.1. The first-order valence-corrected chi connectivity index (χ1v) is 7.84. The van der Waals surface area contributed by atoms with E-state index in [-0.39, 0.29) is 6.04 Å². The van der Waals surface area contributed by atoms with E-state index in [1.54, 1.807) is 11.3 Å². The fourth-order valence-electron chi connectivity index (χ4n) is 2.10. The highest BCUT2D eigenvalue weighted by molar-refractivity contribution is 9.10. The van der Waals surface area contributed by atoms with Crippen LogP contribution in [0.25, 0.3) is 0 Å². The van der Waals surface area contributed by atoms with Gasteiger partial charge in [-0.2, -0.15) is 0 Å². The monoisotopic (exact) mass is 339 g/mol. The number of aryl methyl sites for hydroxylation is 1. The van der Waals surface area contributed by atoms with Gasteiger partial charge >= 0.3 is 0 Å². The number of hydrogen-bond donors (Lipinski definition) is 1. The van der Waals surface area contributed by atoms with Crippen molar-refractivity contribution in [2.24, 2.45) is 5.73 Å². The molecule has 2 rings (SSSR count). The topological polar surface area (TPSA) is 42.2 Å². The fraction of sp³-hybridized carbons (Fsp3) is 0.357. The summed E-state index contributed by atoms with van der Waals surface area (Å²) in [5.74, 6) is 0. The summed E-state index contributed by atoms with van der Waals surface area (Å²) < 4.78 is 1.11. The lowest BCUT2D eigenvalue weighted by molar-refractivity contribution is 0.242. The molecule has 0 radical (unpaired) electrons. The standard InChI is InChI=1S/C14H18BrN3S/c1-10-14(19-9-17-10)8-18(2)13(7-16)11-5-3-4-6-12(11)15/h3-6,9,13H,7-8,16H2,1-2H3. The summed E-state index contributed by atoms with van der Waals surface area (Å²) in [6.45, 7) is 3.52. The van der Waals surface area contributed by atoms with Crippen LogP contribution < -0.4 is 5.73 Å². The number of benzene rings is 1.